The Hall–Kier alpha value is -4.47. The van der Waals surface area contributed by atoms with Gasteiger partial charge >= 0.3 is 5.97 Å². The second-order valence-corrected chi connectivity index (χ2v) is 13.8. The van der Waals surface area contributed by atoms with Gasteiger partial charge in [0.2, 0.25) is 29.5 Å². The van der Waals surface area contributed by atoms with Crippen LogP contribution in [0.15, 0.2) is 30.4 Å². The molecule has 3 aliphatic heterocycles. The van der Waals surface area contributed by atoms with Gasteiger partial charge in [-0.2, -0.15) is 0 Å². The Morgan fingerprint density at radius 1 is 1.06 bits per heavy atom. The zero-order valence-electron chi connectivity index (χ0n) is 30.0. The van der Waals surface area contributed by atoms with E-state index in [0.717, 1.165) is 29.9 Å². The topological polar surface area (TPSA) is 157 Å². The highest BCUT2D eigenvalue weighted by atomic mass is 19.1. The molecule has 0 radical (unpaired) electrons. The summed E-state index contributed by atoms with van der Waals surface area (Å²) in [5.74, 6) is -5.70. The molecule has 0 bridgehead atoms. The molecule has 4 rings (SSSR count). The number of allylic oxidation sites excluding steroid dienone is 1. The van der Waals surface area contributed by atoms with Crippen LogP contribution < -0.4 is 16.0 Å². The highest BCUT2D eigenvalue weighted by molar-refractivity contribution is 5.95. The van der Waals surface area contributed by atoms with Crippen LogP contribution in [0.3, 0.4) is 0 Å². The van der Waals surface area contributed by atoms with Crippen molar-refractivity contribution in [1.82, 2.24) is 30.7 Å². The lowest BCUT2D eigenvalue weighted by atomic mass is 10.0. The van der Waals surface area contributed by atoms with Gasteiger partial charge in [0.25, 0.3) is 0 Å². The third kappa shape index (κ3) is 10.5. The number of nitrogens with zero attached hydrogens (tertiary/aromatic N) is 3. The minimum atomic E-state index is -1.52. The molecule has 5 amide bonds. The quantitative estimate of drug-likeness (QED) is 0.196. The Morgan fingerprint density at radius 2 is 1.77 bits per heavy atom. The van der Waals surface area contributed by atoms with E-state index >= 15 is 0 Å². The van der Waals surface area contributed by atoms with Crippen molar-refractivity contribution in [3.63, 3.8) is 0 Å². The van der Waals surface area contributed by atoms with Gasteiger partial charge in [0.05, 0.1) is 18.6 Å². The largest absolute Gasteiger partial charge is 0.462 e. The molecule has 1 aromatic carbocycles. The van der Waals surface area contributed by atoms with Gasteiger partial charge in [0, 0.05) is 32.5 Å². The van der Waals surface area contributed by atoms with Crippen LogP contribution in [0.2, 0.25) is 0 Å². The molecule has 3 saturated heterocycles. The number of carbonyl (C=O) groups excluding carboxylic acids is 6. The molecule has 0 aromatic heterocycles. The van der Waals surface area contributed by atoms with Crippen LogP contribution in [0.25, 0.3) is 0 Å². The molecule has 3 fully saturated rings. The Bertz CT molecular complexity index is 1510. The highest BCUT2D eigenvalue weighted by Crippen LogP contribution is 2.24. The lowest BCUT2D eigenvalue weighted by Crippen LogP contribution is -2.58. The van der Waals surface area contributed by atoms with E-state index in [-0.39, 0.29) is 30.9 Å². The number of rotatable bonds is 9. The first-order valence-corrected chi connectivity index (χ1v) is 17.8. The minimum absolute atomic E-state index is 0.00783. The third-order valence-electron chi connectivity index (χ3n) is 9.71. The molecule has 16 heteroatoms. The van der Waals surface area contributed by atoms with E-state index in [1.165, 1.54) is 31.9 Å². The number of hydrogen-bond donors (Lipinski definition) is 3. The lowest BCUT2D eigenvalue weighted by molar-refractivity contribution is -0.155. The molecule has 52 heavy (non-hydrogen) atoms. The molecule has 13 nitrogen and oxygen atoms in total. The molecule has 1 aromatic rings. The highest BCUT2D eigenvalue weighted by Gasteiger charge is 2.44. The second kappa shape index (κ2) is 18.3. The predicted octanol–water partition coefficient (Wildman–Crippen LogP) is 1.54. The maximum Gasteiger partial charge on any atom is 0.329 e. The number of amides is 5. The molecule has 3 N–H and O–H groups in total. The van der Waals surface area contributed by atoms with Gasteiger partial charge in [-0.1, -0.05) is 25.8 Å². The number of benzene rings is 1. The van der Waals surface area contributed by atoms with Crippen molar-refractivity contribution >= 4 is 35.5 Å². The molecule has 0 aliphatic carbocycles. The molecule has 3 aliphatic rings. The van der Waals surface area contributed by atoms with Gasteiger partial charge < -0.3 is 30.5 Å². The number of cyclic esters (lactones) is 1. The number of hydrogen-bond acceptors (Lipinski definition) is 8. The number of unbranched alkanes of at least 4 members (excludes halogenated alkanes) is 2. The fraction of sp³-hybridized carbons (Fsp3) is 0.611. The second-order valence-electron chi connectivity index (χ2n) is 13.8. The average Bonchev–Trinajstić information content (AvgIpc) is 3.72. The number of esters is 1. The summed E-state index contributed by atoms with van der Waals surface area (Å²) in [4.78, 5) is 84.4. The summed E-state index contributed by atoms with van der Waals surface area (Å²) in [6.07, 6.45) is 4.23. The first-order valence-electron chi connectivity index (χ1n) is 17.8. The van der Waals surface area contributed by atoms with Crippen molar-refractivity contribution in [2.75, 3.05) is 33.3 Å². The molecule has 0 unspecified atom stereocenters. The zero-order valence-corrected chi connectivity index (χ0v) is 30.0. The van der Waals surface area contributed by atoms with E-state index in [1.54, 1.807) is 11.0 Å². The van der Waals surface area contributed by atoms with Crippen molar-refractivity contribution in [1.29, 1.82) is 0 Å². The van der Waals surface area contributed by atoms with Crippen LogP contribution in [0.4, 0.5) is 13.2 Å². The van der Waals surface area contributed by atoms with Gasteiger partial charge in [0.1, 0.15) is 48.6 Å². The smallest absolute Gasteiger partial charge is 0.329 e. The van der Waals surface area contributed by atoms with Gasteiger partial charge in [-0.25, -0.2) is 18.0 Å². The number of likely N-dealkylation sites (N-methyl/N-ethyl adjacent to an activating group) is 1. The normalized spacial score (nSPS) is 27.2. The van der Waals surface area contributed by atoms with E-state index in [1.807, 2.05) is 6.92 Å². The van der Waals surface area contributed by atoms with Crippen molar-refractivity contribution in [3.8, 4) is 0 Å². The van der Waals surface area contributed by atoms with E-state index in [9.17, 15) is 41.9 Å². The number of alkyl halides is 1. The lowest BCUT2D eigenvalue weighted by Gasteiger charge is -2.34. The zero-order chi connectivity index (χ0) is 38.1. The van der Waals surface area contributed by atoms with Crippen LogP contribution in [-0.2, 0) is 39.9 Å². The van der Waals surface area contributed by atoms with Crippen molar-refractivity contribution in [2.45, 2.75) is 108 Å². The van der Waals surface area contributed by atoms with Crippen molar-refractivity contribution in [3.05, 3.63) is 47.5 Å². The molecule has 7 atom stereocenters. The summed E-state index contributed by atoms with van der Waals surface area (Å²) in [5.41, 5.74) is 0.102. The minimum Gasteiger partial charge on any atom is -0.462 e. The third-order valence-corrected chi connectivity index (χ3v) is 9.71. The van der Waals surface area contributed by atoms with E-state index in [2.05, 4.69) is 16.0 Å². The summed E-state index contributed by atoms with van der Waals surface area (Å²) in [6.45, 7) is 4.51. The monoisotopic (exact) mass is 734 g/mol. The molecule has 3 heterocycles. The molecular formula is C36H49F3N6O7. The standard InChI is InChI=1S/C36H49F3N6O7/c1-5-6-7-8-11-31(46)42-28(15-23-13-24(37)16-25(38)14-23)33(48)41-27-19-44-12-9-10-29(44)35(50)43(4)22(3)32(47)40-21(2)34(49)45-18-26(39)17-30(45)36(51)52-20-27/h8,11,13-14,16,21-22,26-30H,5-7,9-10,12,15,17-20H2,1-4H3,(H,40,47)(H,41,48)(H,42,46)/b11-8+/t21-,22-,26-,27+,28+,29-,30-/m0/s1. The fourth-order valence-electron chi connectivity index (χ4n) is 6.73. The molecule has 0 saturated carbocycles. The van der Waals surface area contributed by atoms with Crippen LogP contribution in [0, 0.1) is 11.6 Å². The Balaban J connectivity index is 1.63. The number of ether oxygens (including phenoxy) is 1. The number of fused-ring (bicyclic) bond motifs is 2. The maximum atomic E-state index is 14.6. The number of carbonyl (C=O) groups is 6. The molecular weight excluding hydrogens is 685 g/mol. The van der Waals surface area contributed by atoms with Gasteiger partial charge in [0.15, 0.2) is 0 Å². The SMILES string of the molecule is CCCC/C=C/C(=O)N[C@H](Cc1cc(F)cc(F)c1)C(=O)N[C@H]1COC(=O)[C@@H]2C[C@H](F)CN2C(=O)[C@H](C)NC(=O)[C@H](C)N(C)C(=O)[C@@H]2CCCN2C1. The Kier molecular flexibility index (Phi) is 14.2. The fourth-order valence-corrected chi connectivity index (χ4v) is 6.73. The van der Waals surface area contributed by atoms with Crippen LogP contribution >= 0.6 is 0 Å². The molecule has 286 valence electrons. The van der Waals surface area contributed by atoms with E-state index in [0.29, 0.717) is 31.9 Å². The van der Waals surface area contributed by atoms with Crippen LogP contribution in [-0.4, -0.2) is 126 Å². The van der Waals surface area contributed by atoms with Crippen LogP contribution in [0.5, 0.6) is 0 Å². The van der Waals surface area contributed by atoms with E-state index < -0.39 is 96.8 Å². The predicted molar refractivity (Wildman–Crippen MR) is 183 cm³/mol. The van der Waals surface area contributed by atoms with Crippen molar-refractivity contribution in [2.24, 2.45) is 0 Å². The average molecular weight is 735 g/mol. The van der Waals surface area contributed by atoms with Crippen LogP contribution in [0.1, 0.15) is 64.9 Å². The summed E-state index contributed by atoms with van der Waals surface area (Å²) in [6, 6.07) is -3.63. The van der Waals surface area contributed by atoms with E-state index in [4.69, 9.17) is 4.74 Å². The first kappa shape index (κ1) is 40.3. The molecule has 0 spiro atoms. The first-order chi connectivity index (χ1) is 24.7. The Morgan fingerprint density at radius 3 is 2.46 bits per heavy atom. The maximum absolute atomic E-state index is 14.6. The summed E-state index contributed by atoms with van der Waals surface area (Å²) in [5, 5.41) is 7.96. The Labute approximate surface area is 301 Å². The number of halogens is 3. The van der Waals surface area contributed by atoms with Gasteiger partial charge in [-0.3, -0.25) is 28.9 Å². The van der Waals surface area contributed by atoms with Gasteiger partial charge in [-0.05, 0) is 63.4 Å². The summed E-state index contributed by atoms with van der Waals surface area (Å²) < 4.78 is 48.5. The number of nitrogens with one attached hydrogen (secondary N) is 3. The summed E-state index contributed by atoms with van der Waals surface area (Å²) >= 11 is 0. The van der Waals surface area contributed by atoms with Gasteiger partial charge in [-0.15, -0.1) is 0 Å². The summed E-state index contributed by atoms with van der Waals surface area (Å²) in [7, 11) is 1.48. The van der Waals surface area contributed by atoms with Crippen molar-refractivity contribution < 1.29 is 46.7 Å².